The Balaban J connectivity index is 1.82. The van der Waals surface area contributed by atoms with Gasteiger partial charge in [-0.05, 0) is 23.3 Å². The second-order valence-electron chi connectivity index (χ2n) is 4.91. The van der Waals surface area contributed by atoms with Gasteiger partial charge >= 0.3 is 5.97 Å². The third-order valence-corrected chi connectivity index (χ3v) is 3.39. The van der Waals surface area contributed by atoms with E-state index in [4.69, 9.17) is 4.84 Å². The van der Waals surface area contributed by atoms with Crippen LogP contribution in [0.4, 0.5) is 0 Å². The molecule has 110 valence electrons. The molecule has 1 heterocycles. The van der Waals surface area contributed by atoms with E-state index in [-0.39, 0.29) is 18.4 Å². The predicted molar refractivity (Wildman–Crippen MR) is 78.4 cm³/mol. The van der Waals surface area contributed by atoms with Crippen LogP contribution in [-0.2, 0) is 14.4 Å². The van der Waals surface area contributed by atoms with Gasteiger partial charge in [-0.1, -0.05) is 42.5 Å². The van der Waals surface area contributed by atoms with E-state index in [0.29, 0.717) is 5.06 Å². The average molecular weight is 295 g/mol. The van der Waals surface area contributed by atoms with Crippen LogP contribution in [0.5, 0.6) is 0 Å². The van der Waals surface area contributed by atoms with Crippen LogP contribution in [-0.4, -0.2) is 22.8 Å². The molecule has 0 unspecified atom stereocenters. The van der Waals surface area contributed by atoms with Gasteiger partial charge in [0.25, 0.3) is 11.8 Å². The van der Waals surface area contributed by atoms with Gasteiger partial charge in [-0.3, -0.25) is 9.59 Å². The van der Waals surface area contributed by atoms with Crippen molar-refractivity contribution in [3.8, 4) is 11.1 Å². The predicted octanol–water partition coefficient (Wildman–Crippen LogP) is 2.57. The van der Waals surface area contributed by atoms with E-state index in [9.17, 15) is 14.4 Å². The van der Waals surface area contributed by atoms with Crippen LogP contribution in [0.2, 0.25) is 0 Å². The summed E-state index contributed by atoms with van der Waals surface area (Å²) in [4.78, 5) is 40.0. The number of rotatable bonds is 3. The molecule has 5 nitrogen and oxygen atoms in total. The van der Waals surface area contributed by atoms with Crippen LogP contribution in [0, 0.1) is 0 Å². The number of benzene rings is 2. The molecular weight excluding hydrogens is 282 g/mol. The molecule has 2 aromatic rings. The highest BCUT2D eigenvalue weighted by molar-refractivity contribution is 6.02. The summed E-state index contributed by atoms with van der Waals surface area (Å²) >= 11 is 0. The van der Waals surface area contributed by atoms with Gasteiger partial charge < -0.3 is 4.84 Å². The van der Waals surface area contributed by atoms with Gasteiger partial charge in [-0.2, -0.15) is 0 Å². The van der Waals surface area contributed by atoms with Gasteiger partial charge in [0.1, 0.15) is 0 Å². The summed E-state index contributed by atoms with van der Waals surface area (Å²) in [5, 5.41) is 0.553. The molecule has 0 N–H and O–H groups in total. The molecule has 0 saturated carbocycles. The molecule has 0 aliphatic carbocycles. The molecule has 0 bridgehead atoms. The summed E-state index contributed by atoms with van der Waals surface area (Å²) in [7, 11) is 0. The zero-order chi connectivity index (χ0) is 15.5. The van der Waals surface area contributed by atoms with E-state index in [1.54, 1.807) is 18.2 Å². The number of imide groups is 1. The van der Waals surface area contributed by atoms with Crippen LogP contribution in [0.25, 0.3) is 11.1 Å². The third-order valence-electron chi connectivity index (χ3n) is 3.39. The lowest BCUT2D eigenvalue weighted by Gasteiger charge is -2.13. The zero-order valence-corrected chi connectivity index (χ0v) is 11.7. The lowest BCUT2D eigenvalue weighted by molar-refractivity contribution is -0.172. The van der Waals surface area contributed by atoms with Crippen molar-refractivity contribution in [1.82, 2.24) is 5.06 Å². The van der Waals surface area contributed by atoms with E-state index in [2.05, 4.69) is 0 Å². The molecule has 1 fully saturated rings. The number of hydroxylamine groups is 2. The fraction of sp³-hybridized carbons (Fsp3) is 0.118. The molecule has 0 radical (unpaired) electrons. The van der Waals surface area contributed by atoms with Crippen LogP contribution in [0.1, 0.15) is 23.2 Å². The van der Waals surface area contributed by atoms with Crippen LogP contribution in [0.15, 0.2) is 54.6 Å². The smallest absolute Gasteiger partial charge is 0.325 e. The quantitative estimate of drug-likeness (QED) is 0.816. The largest absolute Gasteiger partial charge is 0.363 e. The topological polar surface area (TPSA) is 63.7 Å². The van der Waals surface area contributed by atoms with Gasteiger partial charge in [0.2, 0.25) is 0 Å². The highest BCUT2D eigenvalue weighted by Gasteiger charge is 2.33. The Bertz CT molecular complexity index is 723. The van der Waals surface area contributed by atoms with Gasteiger partial charge in [-0.25, -0.2) is 4.79 Å². The van der Waals surface area contributed by atoms with E-state index >= 15 is 0 Å². The first-order valence-corrected chi connectivity index (χ1v) is 6.89. The lowest BCUT2D eigenvalue weighted by atomic mass is 10.0. The first-order valence-electron chi connectivity index (χ1n) is 6.89. The molecule has 1 aliphatic heterocycles. The minimum absolute atomic E-state index is 0.0795. The number of carbonyl (C=O) groups is 3. The monoisotopic (exact) mass is 295 g/mol. The lowest BCUT2D eigenvalue weighted by Crippen LogP contribution is -2.32. The third kappa shape index (κ3) is 2.74. The first-order chi connectivity index (χ1) is 10.6. The maximum Gasteiger partial charge on any atom is 0.363 e. The molecule has 0 atom stereocenters. The molecule has 1 saturated heterocycles. The number of carbonyl (C=O) groups excluding carboxylic acids is 3. The molecule has 2 amide bonds. The summed E-state index contributed by atoms with van der Waals surface area (Å²) in [5.74, 6) is -1.70. The number of hydrogen-bond donors (Lipinski definition) is 0. The molecule has 1 aliphatic rings. The first kappa shape index (κ1) is 14.0. The van der Waals surface area contributed by atoms with Crippen molar-refractivity contribution < 1.29 is 19.2 Å². The standard InChI is InChI=1S/C17H13NO4/c19-15-9-10-16(20)18(15)22-17(21)14-8-4-7-13(11-14)12-5-2-1-3-6-12/h1-8,11H,9-10H2. The maximum absolute atomic E-state index is 12.1. The summed E-state index contributed by atoms with van der Waals surface area (Å²) in [6.45, 7) is 0. The summed E-state index contributed by atoms with van der Waals surface area (Å²) in [6.07, 6.45) is 0.159. The number of hydrogen-bond acceptors (Lipinski definition) is 4. The molecule has 0 aromatic heterocycles. The Morgan fingerprint density at radius 1 is 0.864 bits per heavy atom. The normalized spacial score (nSPS) is 14.3. The molecular formula is C17H13NO4. The van der Waals surface area contributed by atoms with Crippen LogP contribution in [0.3, 0.4) is 0 Å². The summed E-state index contributed by atoms with van der Waals surface area (Å²) in [5.41, 5.74) is 2.11. The molecule has 3 rings (SSSR count). The fourth-order valence-electron chi connectivity index (χ4n) is 2.25. The van der Waals surface area contributed by atoms with E-state index < -0.39 is 17.8 Å². The second-order valence-corrected chi connectivity index (χ2v) is 4.91. The highest BCUT2D eigenvalue weighted by Crippen LogP contribution is 2.21. The van der Waals surface area contributed by atoms with Crippen molar-refractivity contribution in [2.75, 3.05) is 0 Å². The van der Waals surface area contributed by atoms with Crippen LogP contribution >= 0.6 is 0 Å². The van der Waals surface area contributed by atoms with Crippen molar-refractivity contribution in [3.05, 3.63) is 60.2 Å². The van der Waals surface area contributed by atoms with E-state index in [0.717, 1.165) is 11.1 Å². The molecule has 0 spiro atoms. The van der Waals surface area contributed by atoms with E-state index in [1.807, 2.05) is 36.4 Å². The van der Waals surface area contributed by atoms with Crippen molar-refractivity contribution >= 4 is 17.8 Å². The summed E-state index contributed by atoms with van der Waals surface area (Å²) in [6, 6.07) is 16.4. The Morgan fingerprint density at radius 3 is 2.18 bits per heavy atom. The van der Waals surface area contributed by atoms with Crippen molar-refractivity contribution in [3.63, 3.8) is 0 Å². The average Bonchev–Trinajstić information content (AvgIpc) is 2.88. The van der Waals surface area contributed by atoms with Gasteiger partial charge in [-0.15, -0.1) is 5.06 Å². The Labute approximate surface area is 127 Å². The van der Waals surface area contributed by atoms with Crippen LogP contribution < -0.4 is 0 Å². The molecule has 22 heavy (non-hydrogen) atoms. The van der Waals surface area contributed by atoms with E-state index in [1.165, 1.54) is 0 Å². The van der Waals surface area contributed by atoms with Crippen molar-refractivity contribution in [2.45, 2.75) is 12.8 Å². The Kier molecular flexibility index (Phi) is 3.70. The Morgan fingerprint density at radius 2 is 1.50 bits per heavy atom. The van der Waals surface area contributed by atoms with Gasteiger partial charge in [0.15, 0.2) is 0 Å². The molecule has 2 aromatic carbocycles. The summed E-state index contributed by atoms with van der Waals surface area (Å²) < 4.78 is 0. The van der Waals surface area contributed by atoms with Gasteiger partial charge in [0.05, 0.1) is 5.56 Å². The minimum Gasteiger partial charge on any atom is -0.325 e. The zero-order valence-electron chi connectivity index (χ0n) is 11.7. The molecule has 5 heteroatoms. The minimum atomic E-state index is -0.721. The number of nitrogens with zero attached hydrogens (tertiary/aromatic N) is 1. The number of amides is 2. The highest BCUT2D eigenvalue weighted by atomic mass is 16.7. The van der Waals surface area contributed by atoms with Crippen molar-refractivity contribution in [1.29, 1.82) is 0 Å². The SMILES string of the molecule is O=C(ON1C(=O)CCC1=O)c1cccc(-c2ccccc2)c1. The van der Waals surface area contributed by atoms with Crippen molar-refractivity contribution in [2.24, 2.45) is 0 Å². The Hall–Kier alpha value is -2.95. The maximum atomic E-state index is 12.1. The fourth-order valence-corrected chi connectivity index (χ4v) is 2.25. The van der Waals surface area contributed by atoms with Gasteiger partial charge in [0, 0.05) is 12.8 Å². The second kappa shape index (κ2) is 5.81.